The summed E-state index contributed by atoms with van der Waals surface area (Å²) >= 11 is 6.04. The normalized spacial score (nSPS) is 15.5. The average Bonchev–Trinajstić information content (AvgIpc) is 2.54. The van der Waals surface area contributed by atoms with Crippen molar-refractivity contribution in [3.63, 3.8) is 0 Å². The van der Waals surface area contributed by atoms with Crippen LogP contribution in [-0.2, 0) is 10.4 Å². The lowest BCUT2D eigenvalue weighted by atomic mass is 9.77. The van der Waals surface area contributed by atoms with Crippen molar-refractivity contribution in [1.29, 1.82) is 0 Å². The predicted octanol–water partition coefficient (Wildman–Crippen LogP) is 1.81. The number of carbonyl (C=O) groups is 1. The molecule has 3 rings (SSSR count). The number of nitrogens with zero attached hydrogens (tertiary/aromatic N) is 4. The Morgan fingerprint density at radius 3 is 2.75 bits per heavy atom. The van der Waals surface area contributed by atoms with Crippen LogP contribution in [0.25, 0.3) is 0 Å². The van der Waals surface area contributed by atoms with E-state index in [0.717, 1.165) is 6.42 Å². The molecule has 1 saturated carbocycles. The van der Waals surface area contributed by atoms with Crippen LogP contribution in [0.2, 0.25) is 5.15 Å². The van der Waals surface area contributed by atoms with Crippen LogP contribution >= 0.6 is 11.6 Å². The number of nitrogens with one attached hydrogen (secondary N) is 1. The molecule has 2 heterocycles. The van der Waals surface area contributed by atoms with Crippen LogP contribution in [0.4, 0.5) is 23.3 Å². The van der Waals surface area contributed by atoms with Gasteiger partial charge in [-0.05, 0) is 31.4 Å². The summed E-state index contributed by atoms with van der Waals surface area (Å²) < 4.78 is 0. The van der Waals surface area contributed by atoms with Crippen molar-refractivity contribution in [3.8, 4) is 0 Å². The maximum atomic E-state index is 10.8. The molecule has 0 saturated heterocycles. The highest BCUT2D eigenvalue weighted by atomic mass is 35.5. The Balaban J connectivity index is 2.02. The van der Waals surface area contributed by atoms with Crippen LogP contribution in [0.1, 0.15) is 25.0 Å². The van der Waals surface area contributed by atoms with Crippen LogP contribution < -0.4 is 16.0 Å². The summed E-state index contributed by atoms with van der Waals surface area (Å²) in [5, 5.41) is 13.0. The van der Waals surface area contributed by atoms with Gasteiger partial charge >= 0.3 is 0 Å². The minimum absolute atomic E-state index is 0.0212. The number of hydrogen-bond donors (Lipinski definition) is 3. The molecule has 9 heteroatoms. The summed E-state index contributed by atoms with van der Waals surface area (Å²) in [6.07, 6.45) is 2.84. The summed E-state index contributed by atoms with van der Waals surface area (Å²) in [6, 6.07) is 5.37. The van der Waals surface area contributed by atoms with Gasteiger partial charge in [0.2, 0.25) is 12.4 Å². The quantitative estimate of drug-likeness (QED) is 0.557. The molecular formula is C15H17ClN6O2. The number of rotatable bonds is 5. The topological polar surface area (TPSA) is 117 Å². The van der Waals surface area contributed by atoms with E-state index in [1.807, 2.05) is 6.07 Å². The zero-order chi connectivity index (χ0) is 17.3. The smallest absolute Gasteiger partial charge is 0.223 e. The number of nitrogen functional groups attached to an aromatic ring is 1. The number of pyridine rings is 1. The predicted molar refractivity (Wildman–Crippen MR) is 91.2 cm³/mol. The van der Waals surface area contributed by atoms with Gasteiger partial charge in [0.25, 0.3) is 0 Å². The summed E-state index contributed by atoms with van der Waals surface area (Å²) in [6.45, 7) is 0. The lowest BCUT2D eigenvalue weighted by molar-refractivity contribution is -0.105. The average molecular weight is 349 g/mol. The van der Waals surface area contributed by atoms with Gasteiger partial charge in [0.15, 0.2) is 11.0 Å². The van der Waals surface area contributed by atoms with E-state index in [4.69, 9.17) is 17.3 Å². The maximum Gasteiger partial charge on any atom is 0.223 e. The third kappa shape index (κ3) is 2.85. The molecule has 0 spiro atoms. The standard InChI is InChI=1S/C15H17ClN6O2/c1-22(13-11(18-8-23)12(16)20-14(17)21-13)10-5-2-4-9(19-10)15(24)6-3-7-15/h2,4-5,8,24H,3,6-7H2,1H3,(H,18,23)(H2,17,20,21). The molecule has 1 aliphatic rings. The molecule has 0 aromatic carbocycles. The number of nitrogens with two attached hydrogens (primary N) is 1. The van der Waals surface area contributed by atoms with E-state index < -0.39 is 5.60 Å². The number of carbonyl (C=O) groups excluding carboxylic acids is 1. The highest BCUT2D eigenvalue weighted by molar-refractivity contribution is 6.33. The third-order valence-corrected chi connectivity index (χ3v) is 4.39. The first kappa shape index (κ1) is 16.4. The van der Waals surface area contributed by atoms with Gasteiger partial charge in [0.05, 0.1) is 5.69 Å². The fourth-order valence-electron chi connectivity index (χ4n) is 2.61. The lowest BCUT2D eigenvalue weighted by Crippen LogP contribution is -2.35. The van der Waals surface area contributed by atoms with E-state index in [-0.39, 0.29) is 16.8 Å². The molecule has 2 aromatic rings. The van der Waals surface area contributed by atoms with Gasteiger partial charge in [-0.2, -0.15) is 9.97 Å². The van der Waals surface area contributed by atoms with Gasteiger partial charge in [-0.25, -0.2) is 4.98 Å². The van der Waals surface area contributed by atoms with E-state index in [9.17, 15) is 9.90 Å². The first-order valence-electron chi connectivity index (χ1n) is 7.41. The minimum atomic E-state index is -0.872. The van der Waals surface area contributed by atoms with E-state index in [0.29, 0.717) is 36.6 Å². The third-order valence-electron chi connectivity index (χ3n) is 4.12. The van der Waals surface area contributed by atoms with Crippen molar-refractivity contribution in [1.82, 2.24) is 15.0 Å². The summed E-state index contributed by atoms with van der Waals surface area (Å²) in [4.78, 5) is 24.9. The Bertz CT molecular complexity index is 781. The van der Waals surface area contributed by atoms with E-state index in [1.165, 1.54) is 0 Å². The number of aliphatic hydroxyl groups is 1. The second kappa shape index (κ2) is 6.21. The summed E-state index contributed by atoms with van der Waals surface area (Å²) in [5.74, 6) is 0.827. The van der Waals surface area contributed by atoms with E-state index in [1.54, 1.807) is 24.1 Å². The van der Waals surface area contributed by atoms with Crippen molar-refractivity contribution in [3.05, 3.63) is 29.0 Å². The molecule has 0 unspecified atom stereocenters. The van der Waals surface area contributed by atoms with Gasteiger partial charge < -0.3 is 21.1 Å². The number of halogens is 1. The Kier molecular flexibility index (Phi) is 4.25. The monoisotopic (exact) mass is 348 g/mol. The van der Waals surface area contributed by atoms with Crippen molar-refractivity contribution < 1.29 is 9.90 Å². The van der Waals surface area contributed by atoms with Gasteiger partial charge in [0.1, 0.15) is 17.1 Å². The highest BCUT2D eigenvalue weighted by Crippen LogP contribution is 2.41. The minimum Gasteiger partial charge on any atom is -0.384 e. The van der Waals surface area contributed by atoms with Crippen LogP contribution in [0.3, 0.4) is 0 Å². The van der Waals surface area contributed by atoms with Crippen molar-refractivity contribution in [2.45, 2.75) is 24.9 Å². The zero-order valence-corrected chi connectivity index (χ0v) is 13.8. The zero-order valence-electron chi connectivity index (χ0n) is 13.0. The molecule has 126 valence electrons. The van der Waals surface area contributed by atoms with Crippen LogP contribution in [-0.4, -0.2) is 33.5 Å². The van der Waals surface area contributed by atoms with E-state index >= 15 is 0 Å². The number of anilines is 4. The second-order valence-corrected chi connectivity index (χ2v) is 6.02. The van der Waals surface area contributed by atoms with Crippen LogP contribution in [0.5, 0.6) is 0 Å². The van der Waals surface area contributed by atoms with Gasteiger partial charge in [0, 0.05) is 7.05 Å². The molecular weight excluding hydrogens is 332 g/mol. The SMILES string of the molecule is CN(c1cccc(C2(O)CCC2)n1)c1nc(N)nc(Cl)c1NC=O. The molecule has 1 amide bonds. The first-order chi connectivity index (χ1) is 11.4. The molecule has 1 fully saturated rings. The molecule has 0 bridgehead atoms. The molecule has 0 aliphatic heterocycles. The first-order valence-corrected chi connectivity index (χ1v) is 7.79. The second-order valence-electron chi connectivity index (χ2n) is 5.66. The van der Waals surface area contributed by atoms with Crippen molar-refractivity contribution in [2.75, 3.05) is 23.0 Å². The van der Waals surface area contributed by atoms with Crippen LogP contribution in [0.15, 0.2) is 18.2 Å². The van der Waals surface area contributed by atoms with Crippen molar-refractivity contribution >= 4 is 41.3 Å². The molecule has 4 N–H and O–H groups in total. The largest absolute Gasteiger partial charge is 0.384 e. The van der Waals surface area contributed by atoms with Crippen LogP contribution in [0, 0.1) is 0 Å². The molecule has 0 atom stereocenters. The number of hydrogen-bond acceptors (Lipinski definition) is 7. The van der Waals surface area contributed by atoms with Crippen molar-refractivity contribution in [2.24, 2.45) is 0 Å². The highest BCUT2D eigenvalue weighted by Gasteiger charge is 2.37. The molecule has 24 heavy (non-hydrogen) atoms. The van der Waals surface area contributed by atoms with Gasteiger partial charge in [-0.1, -0.05) is 17.7 Å². The molecule has 2 aromatic heterocycles. The van der Waals surface area contributed by atoms with Gasteiger partial charge in [-0.15, -0.1) is 0 Å². The molecule has 1 aliphatic carbocycles. The van der Waals surface area contributed by atoms with Gasteiger partial charge in [-0.3, -0.25) is 4.79 Å². The number of aromatic nitrogens is 3. The Labute approximate surface area is 143 Å². The Hall–Kier alpha value is -2.45. The number of amides is 1. The summed E-state index contributed by atoms with van der Waals surface area (Å²) in [5.41, 5.74) is 5.63. The molecule has 0 radical (unpaired) electrons. The molecule has 8 nitrogen and oxygen atoms in total. The lowest BCUT2D eigenvalue weighted by Gasteiger charge is -2.36. The summed E-state index contributed by atoms with van der Waals surface area (Å²) in [7, 11) is 1.71. The fraction of sp³-hybridized carbons (Fsp3) is 0.333. The maximum absolute atomic E-state index is 10.8. The fourth-order valence-corrected chi connectivity index (χ4v) is 2.84. The Morgan fingerprint density at radius 2 is 2.12 bits per heavy atom. The Morgan fingerprint density at radius 1 is 1.38 bits per heavy atom. The van der Waals surface area contributed by atoms with E-state index in [2.05, 4.69) is 20.3 Å².